The third-order valence-electron chi connectivity index (χ3n) is 6.24. The SMILES string of the molecule is Cc1nc(C)c(C)c(N2CCC3(CCN(CCc4ccccc4)C3=O)C2)n1. The fourth-order valence-electron chi connectivity index (χ4n) is 4.51. The molecule has 142 valence electrons. The largest absolute Gasteiger partial charge is 0.355 e. The maximum absolute atomic E-state index is 13.2. The lowest BCUT2D eigenvalue weighted by atomic mass is 9.85. The van der Waals surface area contributed by atoms with Crippen LogP contribution in [0.1, 0.15) is 35.5 Å². The van der Waals surface area contributed by atoms with Crippen molar-refractivity contribution in [1.82, 2.24) is 14.9 Å². The van der Waals surface area contributed by atoms with Gasteiger partial charge in [0, 0.05) is 37.4 Å². The average molecular weight is 364 g/mol. The van der Waals surface area contributed by atoms with Crippen LogP contribution in [-0.4, -0.2) is 47.0 Å². The van der Waals surface area contributed by atoms with Crippen LogP contribution in [0.3, 0.4) is 0 Å². The lowest BCUT2D eigenvalue weighted by molar-refractivity contribution is -0.135. The molecule has 1 unspecified atom stereocenters. The maximum Gasteiger partial charge on any atom is 0.230 e. The molecule has 1 atom stereocenters. The minimum atomic E-state index is -0.226. The van der Waals surface area contributed by atoms with Crippen LogP contribution in [0.4, 0.5) is 5.82 Å². The van der Waals surface area contributed by atoms with E-state index < -0.39 is 0 Å². The van der Waals surface area contributed by atoms with E-state index in [1.165, 1.54) is 5.56 Å². The summed E-state index contributed by atoms with van der Waals surface area (Å²) in [5.74, 6) is 2.14. The molecule has 1 amide bonds. The van der Waals surface area contributed by atoms with Crippen molar-refractivity contribution in [2.24, 2.45) is 5.41 Å². The standard InChI is InChI=1S/C22H28N4O/c1-16-17(2)23-18(3)24-20(16)26-14-11-22(15-26)10-13-25(21(22)27)12-9-19-7-5-4-6-8-19/h4-8H,9-15H2,1-3H3. The highest BCUT2D eigenvalue weighted by Crippen LogP contribution is 2.42. The van der Waals surface area contributed by atoms with E-state index in [1.54, 1.807) is 0 Å². The van der Waals surface area contributed by atoms with Crippen molar-refractivity contribution in [2.45, 2.75) is 40.0 Å². The van der Waals surface area contributed by atoms with E-state index in [2.05, 4.69) is 51.0 Å². The van der Waals surface area contributed by atoms with Gasteiger partial charge in [0.05, 0.1) is 5.41 Å². The van der Waals surface area contributed by atoms with E-state index in [9.17, 15) is 4.79 Å². The topological polar surface area (TPSA) is 49.3 Å². The van der Waals surface area contributed by atoms with Gasteiger partial charge < -0.3 is 9.80 Å². The van der Waals surface area contributed by atoms with Crippen molar-refractivity contribution >= 4 is 11.7 Å². The summed E-state index contributed by atoms with van der Waals surface area (Å²) in [7, 11) is 0. The molecule has 4 rings (SSSR count). The average Bonchev–Trinajstić information content (AvgIpc) is 3.23. The maximum atomic E-state index is 13.2. The molecule has 2 fully saturated rings. The Hall–Kier alpha value is -2.43. The van der Waals surface area contributed by atoms with Crippen LogP contribution in [0.15, 0.2) is 30.3 Å². The van der Waals surface area contributed by atoms with Crippen molar-refractivity contribution in [3.05, 3.63) is 53.0 Å². The van der Waals surface area contributed by atoms with Crippen molar-refractivity contribution in [2.75, 3.05) is 31.1 Å². The molecule has 2 saturated heterocycles. The third kappa shape index (κ3) is 3.31. The van der Waals surface area contributed by atoms with E-state index in [4.69, 9.17) is 0 Å². The van der Waals surface area contributed by atoms with Gasteiger partial charge in [-0.05, 0) is 45.6 Å². The second kappa shape index (κ2) is 6.95. The van der Waals surface area contributed by atoms with Crippen molar-refractivity contribution in [3.8, 4) is 0 Å². The lowest BCUT2D eigenvalue weighted by Gasteiger charge is -2.25. The Bertz CT molecular complexity index is 851. The van der Waals surface area contributed by atoms with Crippen LogP contribution in [0.5, 0.6) is 0 Å². The predicted octanol–water partition coefficient (Wildman–Crippen LogP) is 3.07. The quantitative estimate of drug-likeness (QED) is 0.837. The monoisotopic (exact) mass is 364 g/mol. The van der Waals surface area contributed by atoms with Crippen LogP contribution in [0.2, 0.25) is 0 Å². The number of carbonyl (C=O) groups excluding carboxylic acids is 1. The molecule has 0 bridgehead atoms. The number of benzene rings is 1. The Morgan fingerprint density at radius 2 is 1.78 bits per heavy atom. The summed E-state index contributed by atoms with van der Waals surface area (Å²) < 4.78 is 0. The molecule has 2 aromatic rings. The van der Waals surface area contributed by atoms with Gasteiger partial charge in [0.25, 0.3) is 0 Å². The molecule has 5 heteroatoms. The number of aryl methyl sites for hydroxylation is 2. The number of anilines is 1. The molecular weight excluding hydrogens is 336 g/mol. The minimum Gasteiger partial charge on any atom is -0.355 e. The molecular formula is C22H28N4O. The van der Waals surface area contributed by atoms with E-state index in [1.807, 2.05) is 19.9 Å². The van der Waals surface area contributed by atoms with Crippen LogP contribution < -0.4 is 4.90 Å². The number of carbonyl (C=O) groups is 1. The zero-order valence-electron chi connectivity index (χ0n) is 16.5. The first-order chi connectivity index (χ1) is 13.0. The Morgan fingerprint density at radius 3 is 2.56 bits per heavy atom. The second-order valence-electron chi connectivity index (χ2n) is 8.03. The number of hydrogen-bond donors (Lipinski definition) is 0. The van der Waals surface area contributed by atoms with Crippen molar-refractivity contribution < 1.29 is 4.79 Å². The van der Waals surface area contributed by atoms with E-state index in [-0.39, 0.29) is 5.41 Å². The first-order valence-electron chi connectivity index (χ1n) is 9.89. The summed E-state index contributed by atoms with van der Waals surface area (Å²) in [6.45, 7) is 9.42. The second-order valence-corrected chi connectivity index (χ2v) is 8.03. The zero-order chi connectivity index (χ0) is 19.0. The molecule has 0 aliphatic carbocycles. The molecule has 1 aromatic carbocycles. The molecule has 2 aliphatic rings. The molecule has 1 aromatic heterocycles. The predicted molar refractivity (Wildman–Crippen MR) is 107 cm³/mol. The normalized spacial score (nSPS) is 22.3. The minimum absolute atomic E-state index is 0.226. The summed E-state index contributed by atoms with van der Waals surface area (Å²) in [6, 6.07) is 10.4. The van der Waals surface area contributed by atoms with Gasteiger partial charge >= 0.3 is 0 Å². The Kier molecular flexibility index (Phi) is 4.62. The summed E-state index contributed by atoms with van der Waals surface area (Å²) in [6.07, 6.45) is 2.81. The molecule has 5 nitrogen and oxygen atoms in total. The summed E-state index contributed by atoms with van der Waals surface area (Å²) in [5.41, 5.74) is 3.22. The Balaban J connectivity index is 1.45. The lowest BCUT2D eigenvalue weighted by Crippen LogP contribution is -2.38. The van der Waals surface area contributed by atoms with Gasteiger partial charge in [-0.2, -0.15) is 0 Å². The van der Waals surface area contributed by atoms with Gasteiger partial charge in [-0.1, -0.05) is 30.3 Å². The molecule has 3 heterocycles. The Labute approximate surface area is 161 Å². The number of nitrogens with zero attached hydrogens (tertiary/aromatic N) is 4. The first kappa shape index (κ1) is 18.0. The summed E-state index contributed by atoms with van der Waals surface area (Å²) in [5, 5.41) is 0. The number of aromatic nitrogens is 2. The smallest absolute Gasteiger partial charge is 0.230 e. The number of likely N-dealkylation sites (tertiary alicyclic amines) is 1. The van der Waals surface area contributed by atoms with Crippen molar-refractivity contribution in [3.63, 3.8) is 0 Å². The molecule has 27 heavy (non-hydrogen) atoms. The first-order valence-corrected chi connectivity index (χ1v) is 9.89. The van der Waals surface area contributed by atoms with Gasteiger partial charge in [0.2, 0.25) is 5.91 Å². The van der Waals surface area contributed by atoms with Crippen molar-refractivity contribution in [1.29, 1.82) is 0 Å². The van der Waals surface area contributed by atoms with Crippen LogP contribution in [0.25, 0.3) is 0 Å². The Morgan fingerprint density at radius 1 is 1.04 bits per heavy atom. The molecule has 1 spiro atoms. The molecule has 0 N–H and O–H groups in total. The van der Waals surface area contributed by atoms with Crippen LogP contribution in [-0.2, 0) is 11.2 Å². The molecule has 0 radical (unpaired) electrons. The third-order valence-corrected chi connectivity index (χ3v) is 6.24. The number of amides is 1. The number of rotatable bonds is 4. The molecule has 0 saturated carbocycles. The fourth-order valence-corrected chi connectivity index (χ4v) is 4.51. The molecule has 2 aliphatic heterocycles. The van der Waals surface area contributed by atoms with Crippen LogP contribution in [0, 0.1) is 26.2 Å². The summed E-state index contributed by atoms with van der Waals surface area (Å²) >= 11 is 0. The zero-order valence-corrected chi connectivity index (χ0v) is 16.5. The highest BCUT2D eigenvalue weighted by atomic mass is 16.2. The van der Waals surface area contributed by atoms with Gasteiger partial charge in [-0.25, -0.2) is 9.97 Å². The van der Waals surface area contributed by atoms with E-state index >= 15 is 0 Å². The van der Waals surface area contributed by atoms with Gasteiger partial charge in [0.1, 0.15) is 11.6 Å². The summed E-state index contributed by atoms with van der Waals surface area (Å²) in [4.78, 5) is 26.7. The van der Waals surface area contributed by atoms with E-state index in [0.29, 0.717) is 5.91 Å². The van der Waals surface area contributed by atoms with E-state index in [0.717, 1.165) is 68.3 Å². The highest BCUT2D eigenvalue weighted by Gasteiger charge is 2.50. The van der Waals surface area contributed by atoms with Gasteiger partial charge in [-0.15, -0.1) is 0 Å². The number of hydrogen-bond acceptors (Lipinski definition) is 4. The fraction of sp³-hybridized carbons (Fsp3) is 0.500. The highest BCUT2D eigenvalue weighted by molar-refractivity contribution is 5.86. The van der Waals surface area contributed by atoms with Gasteiger partial charge in [0.15, 0.2) is 0 Å². The van der Waals surface area contributed by atoms with Gasteiger partial charge in [-0.3, -0.25) is 4.79 Å². The van der Waals surface area contributed by atoms with Crippen LogP contribution >= 0.6 is 0 Å².